The minimum atomic E-state index is -0.585. The Balaban J connectivity index is 0.000000921. The van der Waals surface area contributed by atoms with Crippen LogP contribution in [0.5, 0.6) is 5.88 Å². The van der Waals surface area contributed by atoms with Crippen molar-refractivity contribution in [2.45, 2.75) is 20.8 Å². The quantitative estimate of drug-likeness (QED) is 0.467. The second-order valence-electron chi connectivity index (χ2n) is 2.95. The summed E-state index contributed by atoms with van der Waals surface area (Å²) in [5, 5.41) is 9.61. The summed E-state index contributed by atoms with van der Waals surface area (Å²) in [7, 11) is 3.02. The molecule has 0 aliphatic carbocycles. The second-order valence-corrected chi connectivity index (χ2v) is 3.73. The maximum Gasteiger partial charge on any atom is 0.280 e. The lowest BCUT2D eigenvalue weighted by Crippen LogP contribution is -2.29. The SMILES string of the molecule is CC.COc1ncc(C)cc1[N+](C)(O)S. The van der Waals surface area contributed by atoms with Crippen molar-refractivity contribution in [2.24, 2.45) is 0 Å². The Morgan fingerprint density at radius 3 is 2.40 bits per heavy atom. The topological polar surface area (TPSA) is 42.4 Å². The van der Waals surface area contributed by atoms with E-state index in [0.717, 1.165) is 5.56 Å². The van der Waals surface area contributed by atoms with Crippen LogP contribution in [0.25, 0.3) is 0 Å². The monoisotopic (exact) mass is 231 g/mol. The highest BCUT2D eigenvalue weighted by Crippen LogP contribution is 2.30. The largest absolute Gasteiger partial charge is 0.477 e. The zero-order valence-electron chi connectivity index (χ0n) is 9.85. The van der Waals surface area contributed by atoms with Crippen molar-refractivity contribution in [2.75, 3.05) is 14.2 Å². The zero-order chi connectivity index (χ0) is 12.1. The summed E-state index contributed by atoms with van der Waals surface area (Å²) in [5.41, 5.74) is 1.47. The molecule has 1 heterocycles. The summed E-state index contributed by atoms with van der Waals surface area (Å²) in [4.78, 5) is 4.02. The van der Waals surface area contributed by atoms with Gasteiger partial charge in [0.2, 0.25) is 5.69 Å². The Hall–Kier alpha value is -0.780. The number of hydrogen-bond donors (Lipinski definition) is 2. The van der Waals surface area contributed by atoms with E-state index >= 15 is 0 Å². The molecule has 5 heteroatoms. The standard InChI is InChI=1S/C8H13N2O2S.C2H6/c1-6-4-7(10(2,11)13)8(12-3)9-5-6;1-2/h4-5,11,13H,1-3H3;1-2H3/q+1;. The minimum Gasteiger partial charge on any atom is -0.477 e. The maximum atomic E-state index is 9.61. The maximum absolute atomic E-state index is 9.61. The highest BCUT2D eigenvalue weighted by Gasteiger charge is 2.24. The number of pyridine rings is 1. The van der Waals surface area contributed by atoms with Gasteiger partial charge in [0.25, 0.3) is 5.88 Å². The van der Waals surface area contributed by atoms with E-state index < -0.39 is 4.05 Å². The van der Waals surface area contributed by atoms with Gasteiger partial charge in [0.05, 0.1) is 19.9 Å². The molecule has 15 heavy (non-hydrogen) atoms. The van der Waals surface area contributed by atoms with Gasteiger partial charge >= 0.3 is 0 Å². The summed E-state index contributed by atoms with van der Waals surface area (Å²) < 4.78 is 4.41. The molecule has 0 amide bonds. The van der Waals surface area contributed by atoms with Gasteiger partial charge in [-0.2, -0.15) is 5.21 Å². The highest BCUT2D eigenvalue weighted by atomic mass is 32.1. The molecule has 0 radical (unpaired) electrons. The van der Waals surface area contributed by atoms with Crippen LogP contribution < -0.4 is 8.79 Å². The van der Waals surface area contributed by atoms with E-state index in [0.29, 0.717) is 11.6 Å². The third-order valence-electron chi connectivity index (χ3n) is 1.62. The third-order valence-corrected chi connectivity index (χ3v) is 1.83. The normalized spacial score (nSPS) is 13.5. The summed E-state index contributed by atoms with van der Waals surface area (Å²) in [6.07, 6.45) is 1.67. The van der Waals surface area contributed by atoms with Gasteiger partial charge in [0, 0.05) is 12.3 Å². The molecule has 0 aromatic carbocycles. The Kier molecular flexibility index (Phi) is 5.64. The number of hydroxylamine groups is 1. The number of ether oxygens (including phenoxy) is 1. The molecule has 1 atom stereocenters. The molecule has 0 bridgehead atoms. The van der Waals surface area contributed by atoms with E-state index in [4.69, 9.17) is 4.74 Å². The van der Waals surface area contributed by atoms with Crippen LogP contribution in [0, 0.1) is 6.92 Å². The first-order chi connectivity index (χ1) is 6.95. The van der Waals surface area contributed by atoms with Gasteiger partial charge in [-0.3, -0.25) is 0 Å². The molecule has 0 aliphatic rings. The molecule has 1 rings (SSSR count). The van der Waals surface area contributed by atoms with Crippen molar-refractivity contribution in [3.8, 4) is 5.88 Å². The van der Waals surface area contributed by atoms with Crippen LogP contribution in [0.4, 0.5) is 5.69 Å². The predicted octanol–water partition coefficient (Wildman–Crippen LogP) is 2.60. The third kappa shape index (κ3) is 4.07. The Labute approximate surface area is 96.6 Å². The van der Waals surface area contributed by atoms with Gasteiger partial charge in [-0.05, 0) is 12.5 Å². The van der Waals surface area contributed by atoms with E-state index in [2.05, 4.69) is 17.8 Å². The summed E-state index contributed by atoms with van der Waals surface area (Å²) >= 11 is 3.99. The lowest BCUT2D eigenvalue weighted by Gasteiger charge is -2.17. The second kappa shape index (κ2) is 5.95. The van der Waals surface area contributed by atoms with Crippen LogP contribution in [0.3, 0.4) is 0 Å². The molecule has 1 aromatic heterocycles. The van der Waals surface area contributed by atoms with Crippen LogP contribution in [-0.4, -0.2) is 24.3 Å². The van der Waals surface area contributed by atoms with Crippen molar-refractivity contribution in [1.82, 2.24) is 9.04 Å². The summed E-state index contributed by atoms with van der Waals surface area (Å²) in [6, 6.07) is 1.78. The number of rotatable bonds is 2. The molecule has 86 valence electrons. The molecule has 4 nitrogen and oxygen atoms in total. The van der Waals surface area contributed by atoms with Gasteiger partial charge in [-0.15, -0.1) is 0 Å². The van der Waals surface area contributed by atoms with E-state index in [1.54, 1.807) is 12.3 Å². The molecular formula is C10H19N2O2S+. The van der Waals surface area contributed by atoms with Crippen molar-refractivity contribution in [1.29, 1.82) is 0 Å². The van der Waals surface area contributed by atoms with Crippen LogP contribution in [0.1, 0.15) is 19.4 Å². The number of hydrogen-bond acceptors (Lipinski definition) is 4. The molecular weight excluding hydrogens is 212 g/mol. The molecule has 0 saturated carbocycles. The molecule has 0 saturated heterocycles. The van der Waals surface area contributed by atoms with Crippen molar-refractivity contribution >= 4 is 18.5 Å². The number of nitrogens with zero attached hydrogens (tertiary/aromatic N) is 2. The smallest absolute Gasteiger partial charge is 0.280 e. The Bertz CT molecular complexity index is 311. The van der Waals surface area contributed by atoms with Crippen molar-refractivity contribution < 1.29 is 9.94 Å². The van der Waals surface area contributed by atoms with E-state index in [1.807, 2.05) is 20.8 Å². The van der Waals surface area contributed by atoms with E-state index in [9.17, 15) is 5.21 Å². The average molecular weight is 231 g/mol. The first-order valence-electron chi connectivity index (χ1n) is 4.78. The minimum absolute atomic E-state index is 0.380. The van der Waals surface area contributed by atoms with Crippen LogP contribution >= 0.6 is 12.8 Å². The first kappa shape index (κ1) is 14.2. The van der Waals surface area contributed by atoms with Crippen LogP contribution in [0.15, 0.2) is 12.3 Å². The number of methoxy groups -OCH3 is 1. The fourth-order valence-corrected chi connectivity index (χ4v) is 1.15. The van der Waals surface area contributed by atoms with Gasteiger partial charge in [-0.25, -0.2) is 4.98 Å². The predicted molar refractivity (Wildman–Crippen MR) is 65.4 cm³/mol. The van der Waals surface area contributed by atoms with E-state index in [-0.39, 0.29) is 0 Å². The molecule has 0 fully saturated rings. The molecule has 1 N–H and O–H groups in total. The van der Waals surface area contributed by atoms with Crippen molar-refractivity contribution in [3.05, 3.63) is 17.8 Å². The number of thiol groups is 1. The zero-order valence-corrected chi connectivity index (χ0v) is 10.7. The van der Waals surface area contributed by atoms with Gasteiger partial charge in [0.1, 0.15) is 7.05 Å². The molecule has 1 aromatic rings. The van der Waals surface area contributed by atoms with Gasteiger partial charge in [0.15, 0.2) is 0 Å². The lowest BCUT2D eigenvalue weighted by atomic mass is 10.3. The number of aromatic nitrogens is 1. The van der Waals surface area contributed by atoms with Crippen LogP contribution in [0.2, 0.25) is 0 Å². The fourth-order valence-electron chi connectivity index (χ4n) is 1.00. The molecule has 0 spiro atoms. The summed E-state index contributed by atoms with van der Waals surface area (Å²) in [5.74, 6) is 0.380. The average Bonchev–Trinajstić information content (AvgIpc) is 2.19. The Morgan fingerprint density at radius 1 is 1.47 bits per heavy atom. The highest BCUT2D eigenvalue weighted by molar-refractivity contribution is 7.79. The summed E-state index contributed by atoms with van der Waals surface area (Å²) in [6.45, 7) is 5.89. The van der Waals surface area contributed by atoms with Crippen LogP contribution in [-0.2, 0) is 0 Å². The first-order valence-corrected chi connectivity index (χ1v) is 5.18. The number of aryl methyl sites for hydroxylation is 1. The fraction of sp³-hybridized carbons (Fsp3) is 0.500. The van der Waals surface area contributed by atoms with Crippen molar-refractivity contribution in [3.63, 3.8) is 0 Å². The number of quaternary nitrogens is 1. The lowest BCUT2D eigenvalue weighted by molar-refractivity contribution is 0.0515. The molecule has 1 unspecified atom stereocenters. The van der Waals surface area contributed by atoms with Gasteiger partial charge in [-0.1, -0.05) is 17.9 Å². The van der Waals surface area contributed by atoms with E-state index in [1.165, 1.54) is 14.2 Å². The molecule has 0 aliphatic heterocycles. The Morgan fingerprint density at radius 2 is 2.00 bits per heavy atom. The van der Waals surface area contributed by atoms with Gasteiger partial charge < -0.3 is 4.74 Å².